The molecule has 16 heavy (non-hydrogen) atoms. The molecule has 0 N–H and O–H groups in total. The molecule has 0 fully saturated rings. The van der Waals surface area contributed by atoms with Crippen LogP contribution in [0.1, 0.15) is 16.1 Å². The lowest BCUT2D eigenvalue weighted by atomic mass is 10.2. The minimum Gasteiger partial charge on any atom is -0.296 e. The van der Waals surface area contributed by atoms with E-state index < -0.39 is 0 Å². The Morgan fingerprint density at radius 3 is 3.00 bits per heavy atom. The predicted molar refractivity (Wildman–Crippen MR) is 58.6 cm³/mol. The highest BCUT2D eigenvalue weighted by atomic mass is 79.9. The molecule has 1 heterocycles. The smallest absolute Gasteiger partial charge is 0.171 e. The molecule has 0 saturated carbocycles. The second-order valence-corrected chi connectivity index (χ2v) is 4.11. The van der Waals surface area contributed by atoms with Gasteiger partial charge in [0.2, 0.25) is 0 Å². The summed E-state index contributed by atoms with van der Waals surface area (Å²) in [5.41, 5.74) is 0.715. The van der Waals surface area contributed by atoms with Gasteiger partial charge >= 0.3 is 0 Å². The summed E-state index contributed by atoms with van der Waals surface area (Å²) in [6, 6.07) is 4.66. The second-order valence-electron chi connectivity index (χ2n) is 3.19. The number of benzene rings is 1. The van der Waals surface area contributed by atoms with E-state index in [0.29, 0.717) is 11.8 Å². The lowest BCUT2D eigenvalue weighted by Gasteiger charge is -2.03. The van der Waals surface area contributed by atoms with Crippen molar-refractivity contribution in [2.75, 3.05) is 0 Å². The average Bonchev–Trinajstić information content (AvgIpc) is 2.71. The van der Waals surface area contributed by atoms with Gasteiger partial charge in [0.1, 0.15) is 11.5 Å². The molecule has 0 aliphatic carbocycles. The van der Waals surface area contributed by atoms with Gasteiger partial charge in [-0.05, 0) is 18.2 Å². The van der Waals surface area contributed by atoms with Crippen LogP contribution in [-0.2, 0) is 6.54 Å². The van der Waals surface area contributed by atoms with E-state index in [9.17, 15) is 9.18 Å². The fourth-order valence-electron chi connectivity index (χ4n) is 1.28. The molecule has 0 atom stereocenters. The monoisotopic (exact) mass is 283 g/mol. The van der Waals surface area contributed by atoms with Crippen molar-refractivity contribution in [3.63, 3.8) is 0 Å². The number of aromatic nitrogens is 3. The first kappa shape index (κ1) is 10.9. The summed E-state index contributed by atoms with van der Waals surface area (Å²) in [7, 11) is 0. The SMILES string of the molecule is O=Cc1cn(Cc2cc(Br)ccc2F)nn1. The Kier molecular flexibility index (Phi) is 3.09. The first-order valence-corrected chi connectivity index (χ1v) is 5.27. The van der Waals surface area contributed by atoms with Crippen molar-refractivity contribution in [1.29, 1.82) is 0 Å². The minimum atomic E-state index is -0.314. The molecule has 0 aliphatic rings. The van der Waals surface area contributed by atoms with E-state index in [2.05, 4.69) is 26.2 Å². The molecule has 0 unspecified atom stereocenters. The fourth-order valence-corrected chi connectivity index (χ4v) is 1.69. The molecule has 0 bridgehead atoms. The third-order valence-electron chi connectivity index (χ3n) is 2.02. The number of hydrogen-bond acceptors (Lipinski definition) is 3. The molecular weight excluding hydrogens is 277 g/mol. The molecular formula is C10H7BrFN3O. The summed E-state index contributed by atoms with van der Waals surface area (Å²) in [6.45, 7) is 0.242. The van der Waals surface area contributed by atoms with Gasteiger partial charge in [0.25, 0.3) is 0 Å². The van der Waals surface area contributed by atoms with Gasteiger partial charge in [-0.15, -0.1) is 5.10 Å². The molecule has 0 radical (unpaired) electrons. The molecule has 0 saturated heterocycles. The summed E-state index contributed by atoms with van der Waals surface area (Å²) >= 11 is 3.26. The minimum absolute atomic E-state index is 0.232. The van der Waals surface area contributed by atoms with E-state index in [1.807, 2.05) is 0 Å². The molecule has 6 heteroatoms. The Balaban J connectivity index is 2.26. The number of carbonyl (C=O) groups is 1. The lowest BCUT2D eigenvalue weighted by molar-refractivity contribution is 0.111. The quantitative estimate of drug-likeness (QED) is 0.810. The van der Waals surface area contributed by atoms with Crippen molar-refractivity contribution in [3.05, 3.63) is 45.9 Å². The van der Waals surface area contributed by atoms with E-state index in [1.165, 1.54) is 16.9 Å². The predicted octanol–water partition coefficient (Wildman–Crippen LogP) is 2.04. The zero-order valence-corrected chi connectivity index (χ0v) is 9.69. The average molecular weight is 284 g/mol. The van der Waals surface area contributed by atoms with Crippen LogP contribution in [0.25, 0.3) is 0 Å². The van der Waals surface area contributed by atoms with E-state index in [1.54, 1.807) is 12.1 Å². The van der Waals surface area contributed by atoms with Crippen LogP contribution in [0.5, 0.6) is 0 Å². The van der Waals surface area contributed by atoms with Crippen molar-refractivity contribution in [2.45, 2.75) is 6.54 Å². The van der Waals surface area contributed by atoms with Crippen LogP contribution in [0, 0.1) is 5.82 Å². The van der Waals surface area contributed by atoms with Gasteiger partial charge in [-0.3, -0.25) is 4.79 Å². The third-order valence-corrected chi connectivity index (χ3v) is 2.51. The Labute approximate surface area is 99.2 Å². The molecule has 0 spiro atoms. The summed E-state index contributed by atoms with van der Waals surface area (Å²) in [5, 5.41) is 7.30. The number of nitrogens with zero attached hydrogens (tertiary/aromatic N) is 3. The van der Waals surface area contributed by atoms with Crippen LogP contribution in [0.4, 0.5) is 4.39 Å². The Bertz CT molecular complexity index is 527. The number of carbonyl (C=O) groups excluding carboxylic acids is 1. The van der Waals surface area contributed by atoms with Crippen LogP contribution >= 0.6 is 15.9 Å². The fraction of sp³-hybridized carbons (Fsp3) is 0.100. The molecule has 2 aromatic rings. The molecule has 82 valence electrons. The Morgan fingerprint density at radius 2 is 2.31 bits per heavy atom. The van der Waals surface area contributed by atoms with Crippen molar-refractivity contribution in [2.24, 2.45) is 0 Å². The zero-order chi connectivity index (χ0) is 11.5. The van der Waals surface area contributed by atoms with E-state index in [0.717, 1.165) is 4.47 Å². The van der Waals surface area contributed by atoms with Gasteiger partial charge in [-0.2, -0.15) is 0 Å². The summed E-state index contributed by atoms with van der Waals surface area (Å²) in [5.74, 6) is -0.314. The second kappa shape index (κ2) is 4.52. The number of halogens is 2. The summed E-state index contributed by atoms with van der Waals surface area (Å²) in [6.07, 6.45) is 2.06. The molecule has 4 nitrogen and oxygen atoms in total. The number of hydrogen-bond donors (Lipinski definition) is 0. The number of aldehydes is 1. The van der Waals surface area contributed by atoms with Gasteiger partial charge < -0.3 is 0 Å². The highest BCUT2D eigenvalue weighted by Crippen LogP contribution is 2.16. The maximum atomic E-state index is 13.4. The van der Waals surface area contributed by atoms with Crippen LogP contribution in [0.15, 0.2) is 28.9 Å². The molecule has 1 aromatic heterocycles. The lowest BCUT2D eigenvalue weighted by Crippen LogP contribution is -2.02. The van der Waals surface area contributed by atoms with Gasteiger partial charge in [0, 0.05) is 10.0 Å². The van der Waals surface area contributed by atoms with Crippen LogP contribution < -0.4 is 0 Å². The van der Waals surface area contributed by atoms with Gasteiger partial charge in [0.05, 0.1) is 12.7 Å². The van der Waals surface area contributed by atoms with Crippen LogP contribution in [-0.4, -0.2) is 21.3 Å². The Morgan fingerprint density at radius 1 is 1.50 bits per heavy atom. The standard InChI is InChI=1S/C10H7BrFN3O/c11-8-1-2-10(12)7(3-8)4-15-5-9(6-16)13-14-15/h1-3,5-6H,4H2. The molecule has 0 aliphatic heterocycles. The van der Waals surface area contributed by atoms with Gasteiger partial charge in [0.15, 0.2) is 6.29 Å². The maximum absolute atomic E-state index is 13.4. The van der Waals surface area contributed by atoms with E-state index >= 15 is 0 Å². The van der Waals surface area contributed by atoms with Crippen LogP contribution in [0.3, 0.4) is 0 Å². The first-order valence-electron chi connectivity index (χ1n) is 4.48. The van der Waals surface area contributed by atoms with Gasteiger partial charge in [-0.1, -0.05) is 21.1 Å². The molecule has 0 amide bonds. The first-order chi connectivity index (χ1) is 7.69. The van der Waals surface area contributed by atoms with Crippen molar-refractivity contribution < 1.29 is 9.18 Å². The normalized spacial score (nSPS) is 10.4. The Hall–Kier alpha value is -1.56. The summed E-state index contributed by atoms with van der Waals surface area (Å²) < 4.78 is 15.6. The third kappa shape index (κ3) is 2.33. The maximum Gasteiger partial charge on any atom is 0.171 e. The molecule has 2 rings (SSSR count). The van der Waals surface area contributed by atoms with Crippen molar-refractivity contribution in [3.8, 4) is 0 Å². The topological polar surface area (TPSA) is 47.8 Å². The van der Waals surface area contributed by atoms with E-state index in [4.69, 9.17) is 0 Å². The largest absolute Gasteiger partial charge is 0.296 e. The zero-order valence-electron chi connectivity index (χ0n) is 8.10. The van der Waals surface area contributed by atoms with Crippen LogP contribution in [0.2, 0.25) is 0 Å². The van der Waals surface area contributed by atoms with Crippen molar-refractivity contribution in [1.82, 2.24) is 15.0 Å². The highest BCUT2D eigenvalue weighted by molar-refractivity contribution is 9.10. The van der Waals surface area contributed by atoms with Crippen molar-refractivity contribution >= 4 is 22.2 Å². The summed E-state index contributed by atoms with van der Waals surface area (Å²) in [4.78, 5) is 10.4. The van der Waals surface area contributed by atoms with Gasteiger partial charge in [-0.25, -0.2) is 9.07 Å². The molecule has 1 aromatic carbocycles. The highest BCUT2D eigenvalue weighted by Gasteiger charge is 2.05. The van der Waals surface area contributed by atoms with E-state index in [-0.39, 0.29) is 18.1 Å². The number of rotatable bonds is 3.